The van der Waals surface area contributed by atoms with Gasteiger partial charge in [0, 0.05) is 25.2 Å². The maximum Gasteiger partial charge on any atom is 0.339 e. The molecular weight excluding hydrogens is 368 g/mol. The van der Waals surface area contributed by atoms with Gasteiger partial charge in [0.15, 0.2) is 0 Å². The zero-order valence-electron chi connectivity index (χ0n) is 15.5. The molecule has 0 atom stereocenters. The lowest BCUT2D eigenvalue weighted by Gasteiger charge is -2.21. The van der Waals surface area contributed by atoms with Crippen LogP contribution < -0.4 is 4.74 Å². The van der Waals surface area contributed by atoms with Crippen LogP contribution in [0.25, 0.3) is 0 Å². The predicted molar refractivity (Wildman–Crippen MR) is 102 cm³/mol. The molecule has 0 spiro atoms. The van der Waals surface area contributed by atoms with Crippen LogP contribution in [0.2, 0.25) is 5.02 Å². The van der Waals surface area contributed by atoms with Crippen LogP contribution >= 0.6 is 11.6 Å². The number of halogens is 1. The monoisotopic (exact) mass is 388 g/mol. The quantitative estimate of drug-likeness (QED) is 0.756. The molecule has 0 bridgehead atoms. The molecule has 2 heterocycles. The van der Waals surface area contributed by atoms with Crippen molar-refractivity contribution in [3.63, 3.8) is 0 Å². The third kappa shape index (κ3) is 3.90. The molecular formula is C20H21ClN2O4. The lowest BCUT2D eigenvalue weighted by molar-refractivity contribution is 0.0598. The maximum atomic E-state index is 13.0. The summed E-state index contributed by atoms with van der Waals surface area (Å²) in [6.45, 7) is 2.84. The molecule has 0 unspecified atom stereocenters. The van der Waals surface area contributed by atoms with Crippen molar-refractivity contribution >= 4 is 23.5 Å². The third-order valence-electron chi connectivity index (χ3n) is 4.75. The molecule has 0 aliphatic carbocycles. The number of fused-ring (bicyclic) bond motifs is 1. The summed E-state index contributed by atoms with van der Waals surface area (Å²) in [4.78, 5) is 31.2. The van der Waals surface area contributed by atoms with Gasteiger partial charge in [0.25, 0.3) is 5.91 Å². The van der Waals surface area contributed by atoms with Crippen LogP contribution in [-0.2, 0) is 17.6 Å². The number of esters is 1. The molecule has 6 nitrogen and oxygen atoms in total. The van der Waals surface area contributed by atoms with Crippen LogP contribution in [0.5, 0.6) is 5.75 Å². The Kier molecular flexibility index (Phi) is 5.65. The molecule has 0 saturated carbocycles. The average Bonchev–Trinajstić information content (AvgIpc) is 2.88. The standard InChI is InChI=1S/C20H21ClN2O4/c1-12-15(20(25)27-3)10-13-6-8-23(9-7-18(13)22-12)19(24)16-11-14(26-2)4-5-17(16)21/h4-5,10-11H,6-9H2,1-3H3. The van der Waals surface area contributed by atoms with E-state index in [9.17, 15) is 9.59 Å². The van der Waals surface area contributed by atoms with Crippen molar-refractivity contribution in [1.29, 1.82) is 0 Å². The van der Waals surface area contributed by atoms with E-state index in [4.69, 9.17) is 21.1 Å². The Morgan fingerprint density at radius 2 is 1.85 bits per heavy atom. The van der Waals surface area contributed by atoms with E-state index in [0.717, 1.165) is 11.3 Å². The second-order valence-electron chi connectivity index (χ2n) is 6.36. The molecule has 0 N–H and O–H groups in total. The highest BCUT2D eigenvalue weighted by molar-refractivity contribution is 6.33. The summed E-state index contributed by atoms with van der Waals surface area (Å²) in [7, 11) is 2.90. The summed E-state index contributed by atoms with van der Waals surface area (Å²) in [5.41, 5.74) is 3.39. The number of rotatable bonds is 3. The van der Waals surface area contributed by atoms with Crippen LogP contribution in [-0.4, -0.2) is 49.1 Å². The molecule has 1 aliphatic heterocycles. The first-order chi connectivity index (χ1) is 12.9. The summed E-state index contributed by atoms with van der Waals surface area (Å²) in [6.07, 6.45) is 1.23. The Bertz CT molecular complexity index is 898. The van der Waals surface area contributed by atoms with Gasteiger partial charge >= 0.3 is 5.97 Å². The van der Waals surface area contributed by atoms with Crippen LogP contribution in [0.1, 0.15) is 37.7 Å². The molecule has 1 aliphatic rings. The summed E-state index contributed by atoms with van der Waals surface area (Å²) < 4.78 is 10.0. The Morgan fingerprint density at radius 3 is 2.56 bits per heavy atom. The normalized spacial score (nSPS) is 13.6. The van der Waals surface area contributed by atoms with Crippen molar-refractivity contribution in [3.8, 4) is 5.75 Å². The zero-order valence-corrected chi connectivity index (χ0v) is 16.3. The molecule has 1 aromatic carbocycles. The average molecular weight is 389 g/mol. The number of ether oxygens (including phenoxy) is 2. The number of hydrogen-bond acceptors (Lipinski definition) is 5. The molecule has 3 rings (SSSR count). The van der Waals surface area contributed by atoms with E-state index in [0.29, 0.717) is 53.5 Å². The fourth-order valence-electron chi connectivity index (χ4n) is 3.22. The molecule has 27 heavy (non-hydrogen) atoms. The van der Waals surface area contributed by atoms with Gasteiger partial charge in [-0.25, -0.2) is 4.79 Å². The lowest BCUT2D eigenvalue weighted by Crippen LogP contribution is -2.33. The molecule has 1 aromatic heterocycles. The number of carbonyl (C=O) groups excluding carboxylic acids is 2. The molecule has 2 aromatic rings. The number of pyridine rings is 1. The first-order valence-corrected chi connectivity index (χ1v) is 9.03. The fraction of sp³-hybridized carbons (Fsp3) is 0.350. The van der Waals surface area contributed by atoms with E-state index in [1.165, 1.54) is 7.11 Å². The second kappa shape index (κ2) is 7.96. The molecule has 0 saturated heterocycles. The first-order valence-electron chi connectivity index (χ1n) is 8.65. The Labute approximate surface area is 163 Å². The summed E-state index contributed by atoms with van der Waals surface area (Å²) in [5.74, 6) is 0.0423. The minimum Gasteiger partial charge on any atom is -0.497 e. The van der Waals surface area contributed by atoms with Gasteiger partial charge in [0.1, 0.15) is 5.75 Å². The summed E-state index contributed by atoms with van der Waals surface area (Å²) >= 11 is 6.22. The number of benzene rings is 1. The smallest absolute Gasteiger partial charge is 0.339 e. The van der Waals surface area contributed by atoms with Crippen LogP contribution in [0.4, 0.5) is 0 Å². The Morgan fingerprint density at radius 1 is 1.11 bits per heavy atom. The number of carbonyl (C=O) groups is 2. The maximum absolute atomic E-state index is 13.0. The van der Waals surface area contributed by atoms with Gasteiger partial charge in [-0.3, -0.25) is 9.78 Å². The molecule has 7 heteroatoms. The highest BCUT2D eigenvalue weighted by Crippen LogP contribution is 2.25. The van der Waals surface area contributed by atoms with Crippen molar-refractivity contribution in [2.24, 2.45) is 0 Å². The van der Waals surface area contributed by atoms with Gasteiger partial charge in [-0.05, 0) is 43.2 Å². The van der Waals surface area contributed by atoms with Gasteiger partial charge in [0.2, 0.25) is 0 Å². The van der Waals surface area contributed by atoms with E-state index in [-0.39, 0.29) is 5.91 Å². The Balaban J connectivity index is 1.84. The minimum absolute atomic E-state index is 0.142. The molecule has 0 fully saturated rings. The second-order valence-corrected chi connectivity index (χ2v) is 6.76. The first kappa shape index (κ1) is 19.2. The molecule has 0 radical (unpaired) electrons. The van der Waals surface area contributed by atoms with E-state index >= 15 is 0 Å². The van der Waals surface area contributed by atoms with Crippen molar-refractivity contribution in [2.75, 3.05) is 27.3 Å². The number of methoxy groups -OCH3 is 2. The van der Waals surface area contributed by atoms with Gasteiger partial charge < -0.3 is 14.4 Å². The van der Waals surface area contributed by atoms with Crippen molar-refractivity contribution in [2.45, 2.75) is 19.8 Å². The Hall–Kier alpha value is -2.60. The molecule has 1 amide bonds. The lowest BCUT2D eigenvalue weighted by atomic mass is 10.0. The highest BCUT2D eigenvalue weighted by Gasteiger charge is 2.24. The van der Waals surface area contributed by atoms with Gasteiger partial charge in [0.05, 0.1) is 36.1 Å². The van der Waals surface area contributed by atoms with E-state index in [1.54, 1.807) is 37.1 Å². The van der Waals surface area contributed by atoms with E-state index in [2.05, 4.69) is 4.98 Å². The zero-order chi connectivity index (χ0) is 19.6. The van der Waals surface area contributed by atoms with Crippen LogP contribution in [0.15, 0.2) is 24.3 Å². The number of aromatic nitrogens is 1. The number of amides is 1. The van der Waals surface area contributed by atoms with Gasteiger partial charge in [-0.15, -0.1) is 0 Å². The number of aryl methyl sites for hydroxylation is 1. The topological polar surface area (TPSA) is 68.7 Å². The number of hydrogen-bond donors (Lipinski definition) is 0. The van der Waals surface area contributed by atoms with Crippen molar-refractivity contribution in [1.82, 2.24) is 9.88 Å². The number of nitrogens with zero attached hydrogens (tertiary/aromatic N) is 2. The van der Waals surface area contributed by atoms with Gasteiger partial charge in [-0.1, -0.05) is 11.6 Å². The predicted octanol–water partition coefficient (Wildman–Crippen LogP) is 3.08. The third-order valence-corrected chi connectivity index (χ3v) is 5.08. The minimum atomic E-state index is -0.400. The highest BCUT2D eigenvalue weighted by atomic mass is 35.5. The van der Waals surface area contributed by atoms with Crippen LogP contribution in [0.3, 0.4) is 0 Å². The van der Waals surface area contributed by atoms with Gasteiger partial charge in [-0.2, -0.15) is 0 Å². The van der Waals surface area contributed by atoms with Crippen molar-refractivity contribution < 1.29 is 19.1 Å². The van der Waals surface area contributed by atoms with E-state index < -0.39 is 5.97 Å². The fourth-order valence-corrected chi connectivity index (χ4v) is 3.42. The SMILES string of the molecule is COC(=O)c1cc2c(nc1C)CCN(C(=O)c1cc(OC)ccc1Cl)CC2. The summed E-state index contributed by atoms with van der Waals surface area (Å²) in [6, 6.07) is 6.86. The summed E-state index contributed by atoms with van der Waals surface area (Å²) in [5, 5.41) is 0.393. The largest absolute Gasteiger partial charge is 0.497 e. The van der Waals surface area contributed by atoms with E-state index in [1.807, 2.05) is 6.07 Å². The molecule has 142 valence electrons. The van der Waals surface area contributed by atoms with Crippen LogP contribution in [0, 0.1) is 6.92 Å². The van der Waals surface area contributed by atoms with Crippen molar-refractivity contribution in [3.05, 3.63) is 57.4 Å².